The van der Waals surface area contributed by atoms with Crippen LogP contribution in [0.25, 0.3) is 0 Å². The molecule has 1 saturated heterocycles. The largest absolute Gasteiger partial charge is 0.416 e. The van der Waals surface area contributed by atoms with E-state index in [-0.39, 0.29) is 18.2 Å². The van der Waals surface area contributed by atoms with Crippen LogP contribution in [0.4, 0.5) is 17.6 Å². The molecular weight excluding hydrogens is 364 g/mol. The molecule has 1 aliphatic rings. The minimum Gasteiger partial charge on any atom is -0.365 e. The molecule has 2 N–H and O–H groups in total. The molecule has 9 heteroatoms. The normalized spacial score (nSPS) is 18.6. The number of carbonyl (C=O) groups excluding carboxylic acids is 1. The number of hydrogen-bond donors (Lipinski definition) is 1. The SMILES string of the molecule is Cc1nn(C2CCCN(Cc3cc(F)cc(C(F)(F)F)c3)C2)cc1C(N)=O. The van der Waals surface area contributed by atoms with Crippen molar-refractivity contribution < 1.29 is 22.4 Å². The number of likely N-dealkylation sites (tertiary alicyclic amines) is 1. The van der Waals surface area contributed by atoms with Crippen LogP contribution in [0, 0.1) is 12.7 Å². The van der Waals surface area contributed by atoms with Gasteiger partial charge >= 0.3 is 6.18 Å². The van der Waals surface area contributed by atoms with Gasteiger partial charge in [0.1, 0.15) is 5.82 Å². The molecule has 0 saturated carbocycles. The summed E-state index contributed by atoms with van der Waals surface area (Å²) in [6.07, 6.45) is -1.33. The number of nitrogens with two attached hydrogens (primary N) is 1. The Morgan fingerprint density at radius 3 is 2.70 bits per heavy atom. The lowest BCUT2D eigenvalue weighted by atomic mass is 10.0. The highest BCUT2D eigenvalue weighted by atomic mass is 19.4. The van der Waals surface area contributed by atoms with E-state index in [1.165, 1.54) is 0 Å². The average molecular weight is 384 g/mol. The molecule has 0 bridgehead atoms. The highest BCUT2D eigenvalue weighted by molar-refractivity contribution is 5.93. The van der Waals surface area contributed by atoms with Gasteiger partial charge in [0.2, 0.25) is 0 Å². The molecule has 1 aliphatic heterocycles. The second-order valence-corrected chi connectivity index (χ2v) is 6.85. The summed E-state index contributed by atoms with van der Waals surface area (Å²) in [4.78, 5) is 13.4. The quantitative estimate of drug-likeness (QED) is 0.823. The summed E-state index contributed by atoms with van der Waals surface area (Å²) in [5.41, 5.74) is 5.50. The Kier molecular flexibility index (Phi) is 5.23. The first-order valence-corrected chi connectivity index (χ1v) is 8.58. The highest BCUT2D eigenvalue weighted by Crippen LogP contribution is 2.31. The van der Waals surface area contributed by atoms with E-state index in [0.29, 0.717) is 30.4 Å². The number of aryl methyl sites for hydroxylation is 1. The van der Waals surface area contributed by atoms with E-state index in [1.807, 2.05) is 4.90 Å². The molecule has 1 amide bonds. The van der Waals surface area contributed by atoms with Gasteiger partial charge in [0.25, 0.3) is 5.91 Å². The Balaban J connectivity index is 1.75. The lowest BCUT2D eigenvalue weighted by molar-refractivity contribution is -0.137. The van der Waals surface area contributed by atoms with Crippen LogP contribution in [0.15, 0.2) is 24.4 Å². The third kappa shape index (κ3) is 4.47. The molecule has 27 heavy (non-hydrogen) atoms. The van der Waals surface area contributed by atoms with Crippen LogP contribution >= 0.6 is 0 Å². The summed E-state index contributed by atoms with van der Waals surface area (Å²) in [7, 11) is 0. The lowest BCUT2D eigenvalue weighted by Gasteiger charge is -2.33. The van der Waals surface area contributed by atoms with Crippen LogP contribution in [-0.2, 0) is 12.7 Å². The molecule has 146 valence electrons. The highest BCUT2D eigenvalue weighted by Gasteiger charge is 2.32. The molecular formula is C18H20F4N4O. The van der Waals surface area contributed by atoms with Gasteiger partial charge in [-0.25, -0.2) is 4.39 Å². The number of alkyl halides is 3. The maximum atomic E-state index is 13.6. The number of primary amides is 1. The Morgan fingerprint density at radius 2 is 2.07 bits per heavy atom. The fraction of sp³-hybridized carbons (Fsp3) is 0.444. The maximum Gasteiger partial charge on any atom is 0.416 e. The van der Waals surface area contributed by atoms with Crippen molar-refractivity contribution in [1.29, 1.82) is 0 Å². The lowest BCUT2D eigenvalue weighted by Crippen LogP contribution is -2.36. The van der Waals surface area contributed by atoms with Gasteiger partial charge in [-0.3, -0.25) is 14.4 Å². The molecule has 1 aromatic carbocycles. The number of amides is 1. The molecule has 1 fully saturated rings. The van der Waals surface area contributed by atoms with Gasteiger partial charge in [-0.1, -0.05) is 0 Å². The maximum absolute atomic E-state index is 13.6. The second kappa shape index (κ2) is 7.30. The summed E-state index contributed by atoms with van der Waals surface area (Å²) in [5, 5.41) is 4.34. The fourth-order valence-electron chi connectivity index (χ4n) is 3.46. The first kappa shape index (κ1) is 19.3. The first-order valence-electron chi connectivity index (χ1n) is 8.58. The molecule has 1 atom stereocenters. The van der Waals surface area contributed by atoms with Crippen LogP contribution in [0.1, 0.15) is 46.1 Å². The van der Waals surface area contributed by atoms with Gasteiger partial charge in [0.15, 0.2) is 0 Å². The fourth-order valence-corrected chi connectivity index (χ4v) is 3.46. The van der Waals surface area contributed by atoms with Crippen LogP contribution in [0.2, 0.25) is 0 Å². The van der Waals surface area contributed by atoms with E-state index in [2.05, 4.69) is 5.10 Å². The van der Waals surface area contributed by atoms with Gasteiger partial charge in [0.05, 0.1) is 22.9 Å². The number of nitrogens with zero attached hydrogens (tertiary/aromatic N) is 3. The minimum atomic E-state index is -4.58. The molecule has 2 heterocycles. The summed E-state index contributed by atoms with van der Waals surface area (Å²) in [5.74, 6) is -1.45. The van der Waals surface area contributed by atoms with Crippen molar-refractivity contribution in [1.82, 2.24) is 14.7 Å². The third-order valence-electron chi connectivity index (χ3n) is 4.73. The van der Waals surface area contributed by atoms with Gasteiger partial charge < -0.3 is 5.73 Å². The molecule has 0 radical (unpaired) electrons. The van der Waals surface area contributed by atoms with E-state index in [0.717, 1.165) is 25.0 Å². The summed E-state index contributed by atoms with van der Waals surface area (Å²) in [6, 6.07) is 2.58. The number of piperidine rings is 1. The molecule has 2 aromatic rings. The molecule has 1 aromatic heterocycles. The van der Waals surface area contributed by atoms with Crippen molar-refractivity contribution in [3.8, 4) is 0 Å². The van der Waals surface area contributed by atoms with Crippen molar-refractivity contribution in [3.05, 3.63) is 52.6 Å². The summed E-state index contributed by atoms with van der Waals surface area (Å²) in [6.45, 7) is 3.14. The average Bonchev–Trinajstić information content (AvgIpc) is 2.96. The number of hydrogen-bond acceptors (Lipinski definition) is 3. The standard InChI is InChI=1S/C18H20F4N4O/c1-11-16(17(23)27)10-26(24-11)15-3-2-4-25(9-15)8-12-5-13(18(20,21)22)7-14(19)6-12/h5-7,10,15H,2-4,8-9H2,1H3,(H2,23,27). The van der Waals surface area contributed by atoms with E-state index in [4.69, 9.17) is 5.73 Å². The van der Waals surface area contributed by atoms with Crippen molar-refractivity contribution >= 4 is 5.91 Å². The van der Waals surface area contributed by atoms with E-state index >= 15 is 0 Å². The number of carbonyl (C=O) groups is 1. The number of aromatic nitrogens is 2. The molecule has 3 rings (SSSR count). The van der Waals surface area contributed by atoms with Crippen LogP contribution < -0.4 is 5.73 Å². The second-order valence-electron chi connectivity index (χ2n) is 6.85. The van der Waals surface area contributed by atoms with Crippen LogP contribution in [0.3, 0.4) is 0 Å². The zero-order chi connectivity index (χ0) is 19.8. The molecule has 0 aliphatic carbocycles. The summed E-state index contributed by atoms with van der Waals surface area (Å²) >= 11 is 0. The van der Waals surface area contributed by atoms with Crippen molar-refractivity contribution in [2.75, 3.05) is 13.1 Å². The van der Waals surface area contributed by atoms with Gasteiger partial charge in [0, 0.05) is 19.3 Å². The van der Waals surface area contributed by atoms with E-state index < -0.39 is 23.5 Å². The smallest absolute Gasteiger partial charge is 0.365 e. The van der Waals surface area contributed by atoms with Gasteiger partial charge in [-0.2, -0.15) is 18.3 Å². The number of halogens is 4. The van der Waals surface area contributed by atoms with E-state index in [9.17, 15) is 22.4 Å². The molecule has 5 nitrogen and oxygen atoms in total. The van der Waals surface area contributed by atoms with Crippen molar-refractivity contribution in [3.63, 3.8) is 0 Å². The van der Waals surface area contributed by atoms with Gasteiger partial charge in [-0.15, -0.1) is 0 Å². The van der Waals surface area contributed by atoms with Crippen LogP contribution in [0.5, 0.6) is 0 Å². The minimum absolute atomic E-state index is 0.0267. The van der Waals surface area contributed by atoms with Gasteiger partial charge in [-0.05, 0) is 50.1 Å². The Morgan fingerprint density at radius 1 is 1.33 bits per heavy atom. The monoisotopic (exact) mass is 384 g/mol. The Labute approximate surface area is 153 Å². The predicted molar refractivity (Wildman–Crippen MR) is 90.4 cm³/mol. The van der Waals surface area contributed by atoms with Crippen LogP contribution in [-0.4, -0.2) is 33.7 Å². The zero-order valence-corrected chi connectivity index (χ0v) is 14.8. The Hall–Kier alpha value is -2.42. The topological polar surface area (TPSA) is 64.2 Å². The summed E-state index contributed by atoms with van der Waals surface area (Å²) < 4.78 is 53.9. The first-order chi connectivity index (χ1) is 12.6. The molecule has 1 unspecified atom stereocenters. The Bertz CT molecular complexity index is 846. The zero-order valence-electron chi connectivity index (χ0n) is 14.8. The number of benzene rings is 1. The number of rotatable bonds is 4. The predicted octanol–water partition coefficient (Wildman–Crippen LogP) is 3.29. The molecule has 0 spiro atoms. The van der Waals surface area contributed by atoms with Crippen molar-refractivity contribution in [2.45, 2.75) is 38.5 Å². The third-order valence-corrected chi connectivity index (χ3v) is 4.73. The van der Waals surface area contributed by atoms with Crippen molar-refractivity contribution in [2.24, 2.45) is 5.73 Å². The van der Waals surface area contributed by atoms with E-state index in [1.54, 1.807) is 17.8 Å².